The maximum atomic E-state index is 13.3. The SMILES string of the molecule is COC(=O)CCc1c(C)nn(-c2ccc(C(=O)Nc3cc(C(F)(F)F)ccc3-n3cncn3)cc2)c1C. The first-order chi connectivity index (χ1) is 17.6. The normalized spacial score (nSPS) is 11.4. The van der Waals surface area contributed by atoms with Gasteiger partial charge in [-0.3, -0.25) is 9.59 Å². The Balaban J connectivity index is 1.57. The van der Waals surface area contributed by atoms with Gasteiger partial charge < -0.3 is 10.1 Å². The zero-order valence-electron chi connectivity index (χ0n) is 20.2. The van der Waals surface area contributed by atoms with E-state index in [-0.39, 0.29) is 29.3 Å². The number of aromatic nitrogens is 5. The molecule has 2 aromatic heterocycles. The van der Waals surface area contributed by atoms with Crippen molar-refractivity contribution < 1.29 is 27.5 Å². The number of halogens is 3. The molecule has 0 fully saturated rings. The predicted molar refractivity (Wildman–Crippen MR) is 128 cm³/mol. The highest BCUT2D eigenvalue weighted by Crippen LogP contribution is 2.33. The molecule has 37 heavy (non-hydrogen) atoms. The number of rotatable bonds is 7. The van der Waals surface area contributed by atoms with Gasteiger partial charge in [-0.2, -0.15) is 23.4 Å². The molecule has 2 aromatic carbocycles. The molecular weight excluding hydrogens is 489 g/mol. The summed E-state index contributed by atoms with van der Waals surface area (Å²) in [6.45, 7) is 3.73. The van der Waals surface area contributed by atoms with Crippen molar-refractivity contribution in [2.24, 2.45) is 0 Å². The fourth-order valence-corrected chi connectivity index (χ4v) is 3.91. The minimum atomic E-state index is -4.59. The molecule has 9 nitrogen and oxygen atoms in total. The van der Waals surface area contributed by atoms with E-state index in [1.54, 1.807) is 28.9 Å². The topological polar surface area (TPSA) is 104 Å². The number of esters is 1. The van der Waals surface area contributed by atoms with Crippen molar-refractivity contribution >= 4 is 17.6 Å². The molecule has 2 heterocycles. The van der Waals surface area contributed by atoms with E-state index in [2.05, 4.69) is 20.5 Å². The summed E-state index contributed by atoms with van der Waals surface area (Å²) in [4.78, 5) is 28.3. The van der Waals surface area contributed by atoms with Crippen molar-refractivity contribution in [3.63, 3.8) is 0 Å². The van der Waals surface area contributed by atoms with Crippen molar-refractivity contribution in [2.45, 2.75) is 32.9 Å². The number of amides is 1. The molecule has 0 spiro atoms. The van der Waals surface area contributed by atoms with Gasteiger partial charge in [-0.15, -0.1) is 0 Å². The molecule has 1 N–H and O–H groups in total. The molecule has 4 rings (SSSR count). The lowest BCUT2D eigenvalue weighted by molar-refractivity contribution is -0.140. The van der Waals surface area contributed by atoms with Gasteiger partial charge in [0.2, 0.25) is 0 Å². The number of carbonyl (C=O) groups excluding carboxylic acids is 2. The van der Waals surface area contributed by atoms with Gasteiger partial charge in [0.15, 0.2) is 0 Å². The Morgan fingerprint density at radius 1 is 1.08 bits per heavy atom. The van der Waals surface area contributed by atoms with Gasteiger partial charge in [-0.25, -0.2) is 14.3 Å². The lowest BCUT2D eigenvalue weighted by atomic mass is 10.1. The van der Waals surface area contributed by atoms with Crippen LogP contribution in [0.15, 0.2) is 55.1 Å². The van der Waals surface area contributed by atoms with E-state index in [0.717, 1.165) is 29.1 Å². The highest BCUT2D eigenvalue weighted by atomic mass is 19.4. The quantitative estimate of drug-likeness (QED) is 0.367. The number of benzene rings is 2. The van der Waals surface area contributed by atoms with Crippen LogP contribution in [-0.2, 0) is 22.1 Å². The zero-order valence-corrected chi connectivity index (χ0v) is 20.2. The molecular formula is C25H23F3N6O3. The maximum Gasteiger partial charge on any atom is 0.416 e. The average Bonchev–Trinajstić information content (AvgIpc) is 3.50. The number of nitrogens with zero attached hydrogens (tertiary/aromatic N) is 5. The van der Waals surface area contributed by atoms with Gasteiger partial charge in [-0.1, -0.05) is 0 Å². The minimum Gasteiger partial charge on any atom is -0.469 e. The predicted octanol–water partition coefficient (Wildman–Crippen LogP) is 4.45. The van der Waals surface area contributed by atoms with Crippen LogP contribution >= 0.6 is 0 Å². The lowest BCUT2D eigenvalue weighted by Crippen LogP contribution is -2.16. The molecule has 1 amide bonds. The van der Waals surface area contributed by atoms with Gasteiger partial charge >= 0.3 is 12.1 Å². The minimum absolute atomic E-state index is 0.0665. The fraction of sp³-hybridized carbons (Fsp3) is 0.240. The largest absolute Gasteiger partial charge is 0.469 e. The second kappa shape index (κ2) is 10.2. The number of hydrogen-bond donors (Lipinski definition) is 1. The van der Waals surface area contributed by atoms with Crippen molar-refractivity contribution in [3.8, 4) is 11.4 Å². The Morgan fingerprint density at radius 3 is 2.43 bits per heavy atom. The molecule has 0 unspecified atom stereocenters. The Hall–Kier alpha value is -4.48. The third kappa shape index (κ3) is 5.52. The van der Waals surface area contributed by atoms with Crippen LogP contribution in [0.3, 0.4) is 0 Å². The van der Waals surface area contributed by atoms with Crippen LogP contribution in [0.1, 0.15) is 39.3 Å². The molecule has 0 bridgehead atoms. The van der Waals surface area contributed by atoms with E-state index >= 15 is 0 Å². The number of anilines is 1. The van der Waals surface area contributed by atoms with Crippen LogP contribution in [-0.4, -0.2) is 43.5 Å². The molecule has 192 valence electrons. The van der Waals surface area contributed by atoms with Crippen LogP contribution < -0.4 is 5.32 Å². The monoisotopic (exact) mass is 512 g/mol. The maximum absolute atomic E-state index is 13.3. The zero-order chi connectivity index (χ0) is 26.7. The van der Waals surface area contributed by atoms with Crippen molar-refractivity contribution in [2.75, 3.05) is 12.4 Å². The summed E-state index contributed by atoms with van der Waals surface area (Å²) in [6, 6.07) is 9.46. The highest BCUT2D eigenvalue weighted by Gasteiger charge is 2.31. The van der Waals surface area contributed by atoms with Crippen LogP contribution in [0.25, 0.3) is 11.4 Å². The molecule has 0 aliphatic heterocycles. The molecule has 0 atom stereocenters. The van der Waals surface area contributed by atoms with Gasteiger partial charge in [0.25, 0.3) is 5.91 Å². The Morgan fingerprint density at radius 2 is 1.81 bits per heavy atom. The summed E-state index contributed by atoms with van der Waals surface area (Å²) in [5.41, 5.74) is 2.73. The summed E-state index contributed by atoms with van der Waals surface area (Å²) in [5.74, 6) is -0.908. The Bertz CT molecular complexity index is 1430. The molecule has 12 heteroatoms. The first-order valence-electron chi connectivity index (χ1n) is 11.2. The lowest BCUT2D eigenvalue weighted by Gasteiger charge is -2.14. The molecule has 0 saturated carbocycles. The van der Waals surface area contributed by atoms with Gasteiger partial charge in [-0.05, 0) is 68.3 Å². The van der Waals surface area contributed by atoms with Crippen molar-refractivity contribution in [1.29, 1.82) is 0 Å². The van der Waals surface area contributed by atoms with Gasteiger partial charge in [0.1, 0.15) is 12.7 Å². The third-order valence-corrected chi connectivity index (χ3v) is 5.86. The van der Waals surface area contributed by atoms with Crippen LogP contribution in [0.4, 0.5) is 18.9 Å². The first kappa shape index (κ1) is 25.6. The third-order valence-electron chi connectivity index (χ3n) is 5.86. The standard InChI is InChI=1S/C25H23F3N6O3/c1-15-20(9-11-23(35)37-3)16(2)34(32-15)19-7-4-17(5-8-19)24(36)31-21-12-18(25(26,27)28)6-10-22(21)33-14-29-13-30-33/h4-8,10,12-14H,9,11H2,1-3H3,(H,31,36). The number of methoxy groups -OCH3 is 1. The molecule has 0 aliphatic rings. The number of nitrogens with one attached hydrogen (secondary N) is 1. The summed E-state index contributed by atoms with van der Waals surface area (Å²) < 4.78 is 47.6. The Labute approximate surface area is 209 Å². The van der Waals surface area contributed by atoms with Crippen LogP contribution in [0, 0.1) is 13.8 Å². The summed E-state index contributed by atoms with van der Waals surface area (Å²) in [5, 5.41) is 11.0. The van der Waals surface area contributed by atoms with Crippen molar-refractivity contribution in [3.05, 3.63) is 83.2 Å². The van der Waals surface area contributed by atoms with E-state index in [4.69, 9.17) is 4.74 Å². The second-order valence-corrected chi connectivity index (χ2v) is 8.21. The van der Waals surface area contributed by atoms with Crippen LogP contribution in [0.5, 0.6) is 0 Å². The van der Waals surface area contributed by atoms with E-state index in [1.165, 1.54) is 30.5 Å². The molecule has 4 aromatic rings. The average molecular weight is 512 g/mol. The van der Waals surface area contributed by atoms with Gasteiger partial charge in [0, 0.05) is 17.7 Å². The number of aryl methyl sites for hydroxylation is 1. The second-order valence-electron chi connectivity index (χ2n) is 8.21. The molecule has 0 aliphatic carbocycles. The summed E-state index contributed by atoms with van der Waals surface area (Å²) in [6.07, 6.45) is -1.31. The number of alkyl halides is 3. The number of carbonyl (C=O) groups is 2. The number of hydrogen-bond acceptors (Lipinski definition) is 6. The Kier molecular flexibility index (Phi) is 7.09. The molecule has 0 radical (unpaired) electrons. The first-order valence-corrected chi connectivity index (χ1v) is 11.2. The fourth-order valence-electron chi connectivity index (χ4n) is 3.91. The summed E-state index contributed by atoms with van der Waals surface area (Å²) >= 11 is 0. The van der Waals surface area contributed by atoms with E-state index in [9.17, 15) is 22.8 Å². The van der Waals surface area contributed by atoms with E-state index < -0.39 is 17.6 Å². The van der Waals surface area contributed by atoms with Gasteiger partial charge in [0.05, 0.1) is 35.4 Å². The molecule has 0 saturated heterocycles. The highest BCUT2D eigenvalue weighted by molar-refractivity contribution is 6.05. The number of ether oxygens (including phenoxy) is 1. The van der Waals surface area contributed by atoms with E-state index in [1.807, 2.05) is 13.8 Å². The van der Waals surface area contributed by atoms with Crippen molar-refractivity contribution in [1.82, 2.24) is 24.5 Å². The summed E-state index contributed by atoms with van der Waals surface area (Å²) in [7, 11) is 1.34. The smallest absolute Gasteiger partial charge is 0.416 e. The van der Waals surface area contributed by atoms with Crippen LogP contribution in [0.2, 0.25) is 0 Å². The van der Waals surface area contributed by atoms with E-state index in [0.29, 0.717) is 12.1 Å².